The van der Waals surface area contributed by atoms with E-state index >= 15 is 0 Å². The quantitative estimate of drug-likeness (QED) is 0.568. The minimum atomic E-state index is -4.50. The first-order chi connectivity index (χ1) is 18.2. The number of piperidine rings is 1. The number of alkyl carbamates (subject to hydrolysis) is 1. The van der Waals surface area contributed by atoms with Gasteiger partial charge in [-0.2, -0.15) is 13.2 Å². The molecule has 1 aromatic rings. The summed E-state index contributed by atoms with van der Waals surface area (Å²) in [5.74, 6) is -2.34. The van der Waals surface area contributed by atoms with E-state index in [2.05, 4.69) is 5.32 Å². The number of nitrogens with zero attached hydrogens (tertiary/aromatic N) is 2. The number of nitrogens with one attached hydrogen (secondary N) is 1. The average Bonchev–Trinajstić information content (AvgIpc) is 3.43. The normalized spacial score (nSPS) is 25.8. The lowest BCUT2D eigenvalue weighted by Gasteiger charge is -2.42. The van der Waals surface area contributed by atoms with Crippen molar-refractivity contribution in [2.75, 3.05) is 6.54 Å². The molecule has 3 heterocycles. The highest BCUT2D eigenvalue weighted by Crippen LogP contribution is 2.41. The van der Waals surface area contributed by atoms with Crippen molar-refractivity contribution in [1.82, 2.24) is 15.1 Å². The molecule has 0 spiro atoms. The second-order valence-electron chi connectivity index (χ2n) is 11.6. The van der Waals surface area contributed by atoms with Gasteiger partial charge >= 0.3 is 18.2 Å². The zero-order valence-electron chi connectivity index (χ0n) is 22.2. The van der Waals surface area contributed by atoms with Gasteiger partial charge in [0, 0.05) is 24.2 Å². The van der Waals surface area contributed by atoms with Crippen molar-refractivity contribution in [3.05, 3.63) is 35.4 Å². The molecule has 0 saturated carbocycles. The molecule has 2 bridgehead atoms. The predicted octanol–water partition coefficient (Wildman–Crippen LogP) is 4.06. The highest BCUT2D eigenvalue weighted by Gasteiger charge is 2.49. The monoisotopic (exact) mass is 553 g/mol. The number of likely N-dealkylation sites (tertiary alicyclic amines) is 1. The Morgan fingerprint density at radius 3 is 2.10 bits per heavy atom. The van der Waals surface area contributed by atoms with E-state index in [4.69, 9.17) is 4.74 Å². The van der Waals surface area contributed by atoms with Gasteiger partial charge in [0.15, 0.2) is 0 Å². The van der Waals surface area contributed by atoms with E-state index in [1.54, 1.807) is 25.7 Å². The maximum Gasteiger partial charge on any atom is 0.416 e. The second-order valence-corrected chi connectivity index (χ2v) is 11.6. The zero-order valence-corrected chi connectivity index (χ0v) is 22.2. The minimum Gasteiger partial charge on any atom is -0.480 e. The Balaban J connectivity index is 1.53. The first kappa shape index (κ1) is 28.7. The Kier molecular flexibility index (Phi) is 7.86. The van der Waals surface area contributed by atoms with Crippen molar-refractivity contribution >= 4 is 23.9 Å². The van der Waals surface area contributed by atoms with Crippen LogP contribution in [0.2, 0.25) is 0 Å². The standard InChI is InChI=1S/C27H34F3N3O6/c1-26(2,3)39-25(38)31-21(23(35)32-12-4-5-20(32)24(36)37)16-13-18-10-11-19(14-16)33(18)22(34)15-6-8-17(9-7-15)27(28,29)30/h6-9,16,18-21H,4-5,10-14H2,1-3H3,(H,31,38)(H,36,37)/t16?,18?,19?,20-,21-/m0/s1. The number of halogens is 3. The van der Waals surface area contributed by atoms with Crippen LogP contribution in [0.25, 0.3) is 0 Å². The van der Waals surface area contributed by atoms with Crippen LogP contribution in [0.3, 0.4) is 0 Å². The molecule has 3 aliphatic rings. The van der Waals surface area contributed by atoms with E-state index in [0.717, 1.165) is 12.1 Å². The van der Waals surface area contributed by atoms with Crippen LogP contribution in [0.1, 0.15) is 75.2 Å². The summed E-state index contributed by atoms with van der Waals surface area (Å²) in [5, 5.41) is 12.3. The Labute approximate surface area is 224 Å². The van der Waals surface area contributed by atoms with Crippen molar-refractivity contribution in [2.24, 2.45) is 5.92 Å². The molecule has 0 radical (unpaired) electrons. The molecule has 2 N–H and O–H groups in total. The molecule has 3 saturated heterocycles. The van der Waals surface area contributed by atoms with E-state index < -0.39 is 47.4 Å². The van der Waals surface area contributed by atoms with Crippen LogP contribution in [0.5, 0.6) is 0 Å². The molecule has 9 nitrogen and oxygen atoms in total. The molecule has 3 fully saturated rings. The molecule has 39 heavy (non-hydrogen) atoms. The lowest BCUT2D eigenvalue weighted by Crippen LogP contribution is -2.58. The fraction of sp³-hybridized carbons (Fsp3) is 0.630. The molecule has 4 rings (SSSR count). The number of aliphatic carboxylic acids is 1. The van der Waals surface area contributed by atoms with Crippen LogP contribution >= 0.6 is 0 Å². The van der Waals surface area contributed by atoms with Gasteiger partial charge in [0.25, 0.3) is 5.91 Å². The van der Waals surface area contributed by atoms with Crippen molar-refractivity contribution in [1.29, 1.82) is 0 Å². The maximum absolute atomic E-state index is 13.7. The SMILES string of the molecule is CC(C)(C)OC(=O)N[C@H](C(=O)N1CCC[C@H]1C(=O)O)C1CC2CCC(C1)N2C(=O)c1ccc(C(F)(F)F)cc1. The van der Waals surface area contributed by atoms with Gasteiger partial charge in [-0.15, -0.1) is 0 Å². The van der Waals surface area contributed by atoms with Crippen LogP contribution in [-0.4, -0.2) is 75.1 Å². The Hall–Kier alpha value is -3.31. The molecule has 12 heteroatoms. The van der Waals surface area contributed by atoms with Gasteiger partial charge in [-0.3, -0.25) is 9.59 Å². The van der Waals surface area contributed by atoms with E-state index in [9.17, 15) is 37.5 Å². The zero-order chi connectivity index (χ0) is 28.7. The van der Waals surface area contributed by atoms with Gasteiger partial charge in [-0.1, -0.05) is 0 Å². The molecule has 0 aliphatic carbocycles. The van der Waals surface area contributed by atoms with Crippen LogP contribution in [0.4, 0.5) is 18.0 Å². The van der Waals surface area contributed by atoms with Crippen molar-refractivity contribution in [3.63, 3.8) is 0 Å². The minimum absolute atomic E-state index is 0.152. The molecule has 214 valence electrons. The molecule has 0 aromatic heterocycles. The number of hydrogen-bond donors (Lipinski definition) is 2. The predicted molar refractivity (Wildman–Crippen MR) is 133 cm³/mol. The summed E-state index contributed by atoms with van der Waals surface area (Å²) in [6, 6.07) is 1.57. The molecular weight excluding hydrogens is 519 g/mol. The van der Waals surface area contributed by atoms with Gasteiger partial charge < -0.3 is 25.0 Å². The highest BCUT2D eigenvalue weighted by molar-refractivity contribution is 5.95. The number of alkyl halides is 3. The Morgan fingerprint density at radius 2 is 1.59 bits per heavy atom. The summed E-state index contributed by atoms with van der Waals surface area (Å²) in [5.41, 5.74) is -1.50. The molecule has 4 atom stereocenters. The van der Waals surface area contributed by atoms with Gasteiger partial charge in [0.2, 0.25) is 5.91 Å². The van der Waals surface area contributed by atoms with Gasteiger partial charge in [-0.25, -0.2) is 9.59 Å². The first-order valence-electron chi connectivity index (χ1n) is 13.2. The lowest BCUT2D eigenvalue weighted by molar-refractivity contribution is -0.149. The van der Waals surface area contributed by atoms with Crippen LogP contribution < -0.4 is 5.32 Å². The number of hydrogen-bond acceptors (Lipinski definition) is 5. The highest BCUT2D eigenvalue weighted by atomic mass is 19.4. The van der Waals surface area contributed by atoms with Crippen LogP contribution in [0, 0.1) is 5.92 Å². The van der Waals surface area contributed by atoms with Crippen molar-refractivity contribution < 1.29 is 42.2 Å². The van der Waals surface area contributed by atoms with E-state index in [0.29, 0.717) is 38.5 Å². The average molecular weight is 554 g/mol. The number of ether oxygens (including phenoxy) is 1. The number of carboxylic acid groups (broad SMARTS) is 1. The number of carboxylic acids is 1. The third kappa shape index (κ3) is 6.30. The maximum atomic E-state index is 13.7. The Bertz CT molecular complexity index is 1100. The lowest BCUT2D eigenvalue weighted by atomic mass is 9.83. The third-order valence-corrected chi connectivity index (χ3v) is 7.69. The summed E-state index contributed by atoms with van der Waals surface area (Å²) in [4.78, 5) is 54.4. The van der Waals surface area contributed by atoms with Crippen LogP contribution in [0.15, 0.2) is 24.3 Å². The summed E-state index contributed by atoms with van der Waals surface area (Å²) < 4.78 is 44.3. The summed E-state index contributed by atoms with van der Waals surface area (Å²) in [6.45, 7) is 5.34. The number of carbonyl (C=O) groups excluding carboxylic acids is 3. The van der Waals surface area contributed by atoms with Crippen LogP contribution in [-0.2, 0) is 20.5 Å². The number of amides is 3. The largest absolute Gasteiger partial charge is 0.480 e. The number of benzene rings is 1. The molecule has 2 unspecified atom stereocenters. The van der Waals surface area contributed by atoms with E-state index in [1.807, 2.05) is 0 Å². The fourth-order valence-electron chi connectivity index (χ4n) is 6.06. The number of fused-ring (bicyclic) bond motifs is 2. The molecule has 3 amide bonds. The van der Waals surface area contributed by atoms with Gasteiger partial charge in [0.1, 0.15) is 17.7 Å². The molecule has 1 aromatic carbocycles. The van der Waals surface area contributed by atoms with Gasteiger partial charge in [0.05, 0.1) is 5.56 Å². The smallest absolute Gasteiger partial charge is 0.416 e. The third-order valence-electron chi connectivity index (χ3n) is 7.69. The molecular formula is C27H34F3N3O6. The second kappa shape index (κ2) is 10.7. The van der Waals surface area contributed by atoms with Crippen molar-refractivity contribution in [3.8, 4) is 0 Å². The van der Waals surface area contributed by atoms with E-state index in [1.165, 1.54) is 17.0 Å². The number of carbonyl (C=O) groups is 4. The first-order valence-corrected chi connectivity index (χ1v) is 13.2. The summed E-state index contributed by atoms with van der Waals surface area (Å²) in [6.07, 6.45) is -2.37. The van der Waals surface area contributed by atoms with E-state index in [-0.39, 0.29) is 36.0 Å². The topological polar surface area (TPSA) is 116 Å². The molecule has 3 aliphatic heterocycles. The summed E-state index contributed by atoms with van der Waals surface area (Å²) in [7, 11) is 0. The fourth-order valence-corrected chi connectivity index (χ4v) is 6.06. The Morgan fingerprint density at radius 1 is 1.00 bits per heavy atom. The van der Waals surface area contributed by atoms with Gasteiger partial charge in [-0.05, 0) is 89.5 Å². The number of rotatable bonds is 5. The summed E-state index contributed by atoms with van der Waals surface area (Å²) >= 11 is 0. The van der Waals surface area contributed by atoms with Crippen molar-refractivity contribution in [2.45, 2.75) is 95.2 Å².